The van der Waals surface area contributed by atoms with E-state index in [1.807, 2.05) is 4.90 Å². The molecule has 0 saturated carbocycles. The smallest absolute Gasteiger partial charge is 0.445 e. The van der Waals surface area contributed by atoms with Gasteiger partial charge in [-0.15, -0.1) is 12.1 Å². The first kappa shape index (κ1) is 17.2. The second-order valence-corrected chi connectivity index (χ2v) is 5.15. The minimum absolute atomic E-state index is 0. The Labute approximate surface area is 149 Å². The van der Waals surface area contributed by atoms with Crippen molar-refractivity contribution in [1.82, 2.24) is 9.80 Å². The van der Waals surface area contributed by atoms with E-state index >= 15 is 0 Å². The van der Waals surface area contributed by atoms with Gasteiger partial charge >= 0.3 is 58.4 Å². The molecule has 0 N–H and O–H groups in total. The zero-order valence-electron chi connectivity index (χ0n) is 11.0. The maximum absolute atomic E-state index is 12.5. The van der Waals surface area contributed by atoms with Crippen LogP contribution in [0.4, 0.5) is 12.9 Å². The van der Waals surface area contributed by atoms with Crippen LogP contribution in [-0.2, 0) is 0 Å². The maximum atomic E-state index is 12.5. The van der Waals surface area contributed by atoms with Crippen LogP contribution < -0.4 is 51.4 Å². The van der Waals surface area contributed by atoms with Crippen molar-refractivity contribution in [2.45, 2.75) is 25.3 Å². The molecule has 1 unspecified atom stereocenters. The normalized spacial score (nSPS) is 26.3. The zero-order chi connectivity index (χ0) is 12.5. The Bertz CT molecular complexity index is 299. The largest absolute Gasteiger partial charge is 1.00 e. The Balaban J connectivity index is 0.00000162. The van der Waals surface area contributed by atoms with E-state index in [9.17, 15) is 12.9 Å². The third-order valence-corrected chi connectivity index (χ3v) is 3.81. The maximum Gasteiger partial charge on any atom is 1.00 e. The third-order valence-electron chi connectivity index (χ3n) is 3.81. The van der Waals surface area contributed by atoms with Crippen molar-refractivity contribution in [2.75, 3.05) is 32.7 Å². The molecule has 2 fully saturated rings. The molecule has 0 spiro atoms. The predicted octanol–water partition coefficient (Wildman–Crippen LogP) is -0.897. The summed E-state index contributed by atoms with van der Waals surface area (Å²) in [5, 5.41) is 0. The van der Waals surface area contributed by atoms with Crippen LogP contribution in [0.15, 0.2) is 12.1 Å². The summed E-state index contributed by atoms with van der Waals surface area (Å²) < 4.78 is 37.4. The van der Waals surface area contributed by atoms with Gasteiger partial charge in [0, 0.05) is 25.7 Å². The molecule has 18 heavy (non-hydrogen) atoms. The number of rotatable bonds is 3. The molecule has 2 heterocycles. The first-order valence-corrected chi connectivity index (χ1v) is 6.31. The van der Waals surface area contributed by atoms with Gasteiger partial charge in [-0.05, 0) is 25.9 Å². The molecular formula is C11H19BF3KN2. The summed E-state index contributed by atoms with van der Waals surface area (Å²) in [6.07, 6.45) is 3.56. The number of halogens is 3. The molecule has 0 bridgehead atoms. The van der Waals surface area contributed by atoms with Crippen molar-refractivity contribution >= 4 is 6.98 Å². The molecule has 2 aliphatic heterocycles. The van der Waals surface area contributed by atoms with Crippen molar-refractivity contribution < 1.29 is 64.3 Å². The van der Waals surface area contributed by atoms with E-state index in [4.69, 9.17) is 0 Å². The van der Waals surface area contributed by atoms with Gasteiger partial charge in [-0.2, -0.15) is 0 Å². The average molecular weight is 286 g/mol. The number of piperazine rings is 1. The first-order chi connectivity index (χ1) is 7.97. The van der Waals surface area contributed by atoms with E-state index in [0.29, 0.717) is 6.04 Å². The molecule has 2 aliphatic rings. The van der Waals surface area contributed by atoms with Crippen molar-refractivity contribution in [2.24, 2.45) is 0 Å². The fourth-order valence-corrected chi connectivity index (χ4v) is 2.75. The molecule has 0 aliphatic carbocycles. The molecule has 0 aromatic carbocycles. The average Bonchev–Trinajstić information content (AvgIpc) is 2.27. The van der Waals surface area contributed by atoms with Crippen molar-refractivity contribution in [3.8, 4) is 0 Å². The fourth-order valence-electron chi connectivity index (χ4n) is 2.75. The second kappa shape index (κ2) is 7.24. The monoisotopic (exact) mass is 286 g/mol. The fraction of sp³-hybridized carbons (Fsp3) is 0.818. The van der Waals surface area contributed by atoms with Crippen LogP contribution in [-0.4, -0.2) is 55.5 Å². The van der Waals surface area contributed by atoms with Gasteiger partial charge in [0.1, 0.15) is 0 Å². The molecule has 7 heteroatoms. The van der Waals surface area contributed by atoms with Crippen LogP contribution in [0.1, 0.15) is 19.3 Å². The van der Waals surface area contributed by atoms with E-state index in [1.54, 1.807) is 0 Å². The molecule has 0 radical (unpaired) electrons. The first-order valence-electron chi connectivity index (χ1n) is 6.31. The van der Waals surface area contributed by atoms with Gasteiger partial charge in [-0.3, -0.25) is 9.80 Å². The van der Waals surface area contributed by atoms with E-state index < -0.39 is 12.4 Å². The molecule has 2 saturated heterocycles. The Morgan fingerprint density at radius 1 is 1.17 bits per heavy atom. The predicted molar refractivity (Wildman–Crippen MR) is 63.9 cm³/mol. The third kappa shape index (κ3) is 4.61. The summed E-state index contributed by atoms with van der Waals surface area (Å²) in [5.41, 5.74) is -0.561. The second-order valence-electron chi connectivity index (χ2n) is 5.15. The minimum atomic E-state index is -4.87. The molecule has 2 rings (SSSR count). The van der Waals surface area contributed by atoms with Crippen molar-refractivity contribution in [1.29, 1.82) is 0 Å². The number of hydrogen-bond donors (Lipinski definition) is 0. The van der Waals surface area contributed by atoms with Crippen LogP contribution in [0, 0.1) is 0 Å². The number of hydrogen-bond acceptors (Lipinski definition) is 2. The van der Waals surface area contributed by atoms with Crippen LogP contribution in [0.25, 0.3) is 0 Å². The molecule has 0 amide bonds. The number of fused-ring (bicyclic) bond motifs is 1. The Kier molecular flexibility index (Phi) is 6.92. The summed E-state index contributed by atoms with van der Waals surface area (Å²) in [6.45, 7) is 1.82. The van der Waals surface area contributed by atoms with Crippen LogP contribution in [0.2, 0.25) is 0 Å². The van der Waals surface area contributed by atoms with Gasteiger partial charge in [0.2, 0.25) is 0 Å². The summed E-state index contributed by atoms with van der Waals surface area (Å²) in [5.74, 6) is 0. The Hall–Kier alpha value is 1.15. The summed E-state index contributed by atoms with van der Waals surface area (Å²) in [4.78, 5) is 4.32. The molecule has 0 aromatic rings. The van der Waals surface area contributed by atoms with E-state index in [0.717, 1.165) is 32.6 Å². The Morgan fingerprint density at radius 2 is 1.89 bits per heavy atom. The quantitative estimate of drug-likeness (QED) is 0.621. The number of nitrogens with zero attached hydrogens (tertiary/aromatic N) is 2. The van der Waals surface area contributed by atoms with Crippen LogP contribution >= 0.6 is 0 Å². The van der Waals surface area contributed by atoms with Gasteiger partial charge in [-0.25, -0.2) is 0 Å². The molecule has 2 nitrogen and oxygen atoms in total. The SMILES string of the molecule is C=C(CN1CCN2CCCCC2C1)[B-](F)(F)F.[K+]. The number of piperidine rings is 1. The van der Waals surface area contributed by atoms with Crippen LogP contribution in [0.5, 0.6) is 0 Å². The van der Waals surface area contributed by atoms with Crippen molar-refractivity contribution in [3.05, 3.63) is 12.1 Å². The molecule has 1 atom stereocenters. The van der Waals surface area contributed by atoms with E-state index in [-0.39, 0.29) is 57.9 Å². The summed E-state index contributed by atoms with van der Waals surface area (Å²) in [7, 11) is 0. The standard InChI is InChI=1S/C11H19BF3N2.K/c1-10(12(13,14)15)8-16-6-7-17-5-3-2-4-11(17)9-16;/h11H,1-9H2;/q-1;+1. The molecular weight excluding hydrogens is 267 g/mol. The minimum Gasteiger partial charge on any atom is -0.445 e. The van der Waals surface area contributed by atoms with Gasteiger partial charge in [0.25, 0.3) is 0 Å². The zero-order valence-corrected chi connectivity index (χ0v) is 14.2. The van der Waals surface area contributed by atoms with Gasteiger partial charge in [-0.1, -0.05) is 6.42 Å². The van der Waals surface area contributed by atoms with E-state index in [2.05, 4.69) is 11.5 Å². The van der Waals surface area contributed by atoms with Gasteiger partial charge in [0.15, 0.2) is 0 Å². The van der Waals surface area contributed by atoms with E-state index in [1.165, 1.54) is 12.8 Å². The summed E-state index contributed by atoms with van der Waals surface area (Å²) >= 11 is 0. The molecule has 0 aromatic heterocycles. The van der Waals surface area contributed by atoms with Crippen LogP contribution in [0.3, 0.4) is 0 Å². The van der Waals surface area contributed by atoms with Gasteiger partial charge in [0.05, 0.1) is 0 Å². The molecule has 98 valence electrons. The van der Waals surface area contributed by atoms with Gasteiger partial charge < -0.3 is 12.9 Å². The topological polar surface area (TPSA) is 6.48 Å². The Morgan fingerprint density at radius 3 is 2.56 bits per heavy atom. The summed E-state index contributed by atoms with van der Waals surface area (Å²) in [6, 6.07) is 0.464. The van der Waals surface area contributed by atoms with Crippen molar-refractivity contribution in [3.63, 3.8) is 0 Å².